The number of carbonyl (C=O) groups excluding carboxylic acids is 1. The normalized spacial score (nSPS) is 17.9. The lowest BCUT2D eigenvalue weighted by atomic mass is 10.0. The molecule has 1 saturated carbocycles. The van der Waals surface area contributed by atoms with Crippen molar-refractivity contribution in [1.82, 2.24) is 19.9 Å². The molecule has 1 saturated heterocycles. The molecule has 5 rings (SSSR count). The Bertz CT molecular complexity index is 1050. The van der Waals surface area contributed by atoms with Gasteiger partial charge in [0, 0.05) is 32.4 Å². The van der Waals surface area contributed by atoms with E-state index < -0.39 is 0 Å². The first kappa shape index (κ1) is 18.1. The van der Waals surface area contributed by atoms with Crippen molar-refractivity contribution in [2.24, 2.45) is 5.73 Å². The Morgan fingerprint density at radius 1 is 1.17 bits per heavy atom. The molecular formula is C22H26N6O. The number of nitrogens with one attached hydrogen (secondary N) is 1. The van der Waals surface area contributed by atoms with Gasteiger partial charge in [-0.05, 0) is 36.5 Å². The van der Waals surface area contributed by atoms with E-state index in [4.69, 9.17) is 5.73 Å². The van der Waals surface area contributed by atoms with E-state index in [1.165, 1.54) is 0 Å². The van der Waals surface area contributed by atoms with E-state index in [0.29, 0.717) is 13.0 Å². The Kier molecular flexibility index (Phi) is 4.28. The van der Waals surface area contributed by atoms with Crippen LogP contribution in [0.4, 0.5) is 5.82 Å². The van der Waals surface area contributed by atoms with E-state index in [1.807, 2.05) is 30.5 Å². The minimum Gasteiger partial charge on any atom is -0.352 e. The van der Waals surface area contributed by atoms with Crippen LogP contribution in [0.5, 0.6) is 0 Å². The van der Waals surface area contributed by atoms with Crippen molar-refractivity contribution in [1.29, 1.82) is 0 Å². The lowest BCUT2D eigenvalue weighted by molar-refractivity contribution is -0.134. The van der Waals surface area contributed by atoms with Crippen LogP contribution in [0.3, 0.4) is 0 Å². The number of hydrogen-bond acceptors (Lipinski definition) is 5. The summed E-state index contributed by atoms with van der Waals surface area (Å²) in [6.07, 6.45) is 6.16. The van der Waals surface area contributed by atoms with Crippen molar-refractivity contribution >= 4 is 22.8 Å². The van der Waals surface area contributed by atoms with Crippen molar-refractivity contribution < 1.29 is 4.79 Å². The van der Waals surface area contributed by atoms with E-state index in [2.05, 4.69) is 31.7 Å². The fourth-order valence-electron chi connectivity index (χ4n) is 4.52. The predicted molar refractivity (Wildman–Crippen MR) is 113 cm³/mol. The zero-order valence-electron chi connectivity index (χ0n) is 16.7. The molecule has 0 radical (unpaired) electrons. The van der Waals surface area contributed by atoms with Crippen molar-refractivity contribution in [2.45, 2.75) is 38.3 Å². The first-order valence-electron chi connectivity index (χ1n) is 10.2. The number of nitrogens with two attached hydrogens (primary N) is 1. The van der Waals surface area contributed by atoms with E-state index in [9.17, 15) is 4.79 Å². The number of hydrogen-bond donors (Lipinski definition) is 2. The molecule has 3 heterocycles. The lowest BCUT2D eigenvalue weighted by Crippen LogP contribution is -2.57. The number of fused-ring (bicyclic) bond motifs is 1. The van der Waals surface area contributed by atoms with Crippen LogP contribution in [0.25, 0.3) is 11.0 Å². The highest BCUT2D eigenvalue weighted by molar-refractivity contribution is 5.91. The molecule has 3 N–H and O–H groups in total. The average molecular weight is 390 g/mol. The molecule has 1 spiro atoms. The van der Waals surface area contributed by atoms with Gasteiger partial charge in [0.05, 0.1) is 17.3 Å². The number of piperazine rings is 1. The molecule has 1 amide bonds. The van der Waals surface area contributed by atoms with Crippen LogP contribution in [0.2, 0.25) is 0 Å². The van der Waals surface area contributed by atoms with Gasteiger partial charge in [-0.3, -0.25) is 4.79 Å². The van der Waals surface area contributed by atoms with E-state index in [0.717, 1.165) is 66.0 Å². The Hall–Kier alpha value is -2.93. The summed E-state index contributed by atoms with van der Waals surface area (Å²) in [4.78, 5) is 29.7. The topological polar surface area (TPSA) is 91.1 Å². The fraction of sp³-hybridized carbons (Fsp3) is 0.409. The van der Waals surface area contributed by atoms with E-state index >= 15 is 0 Å². The van der Waals surface area contributed by atoms with Gasteiger partial charge >= 0.3 is 0 Å². The van der Waals surface area contributed by atoms with Crippen LogP contribution in [0.1, 0.15) is 29.5 Å². The summed E-state index contributed by atoms with van der Waals surface area (Å²) in [6, 6.07) is 8.05. The second-order valence-corrected chi connectivity index (χ2v) is 8.28. The van der Waals surface area contributed by atoms with Crippen LogP contribution < -0.4 is 10.6 Å². The van der Waals surface area contributed by atoms with Crippen LogP contribution >= 0.6 is 0 Å². The molecular weight excluding hydrogens is 364 g/mol. The Balaban J connectivity index is 1.34. The van der Waals surface area contributed by atoms with Gasteiger partial charge in [0.15, 0.2) is 0 Å². The Morgan fingerprint density at radius 2 is 1.93 bits per heavy atom. The number of rotatable bonds is 4. The van der Waals surface area contributed by atoms with Crippen molar-refractivity contribution in [3.05, 3.63) is 53.5 Å². The minimum absolute atomic E-state index is 0.0476. The minimum atomic E-state index is -0.0476. The Labute approximate surface area is 169 Å². The highest BCUT2D eigenvalue weighted by atomic mass is 16.2. The van der Waals surface area contributed by atoms with Gasteiger partial charge in [0.1, 0.15) is 17.8 Å². The SMILES string of the molecule is Cc1c[nH]c2ncnc(N3CCN(C(=O)Cc4ccc(CN)cc4)C4(CC4)C3)c12. The largest absolute Gasteiger partial charge is 0.352 e. The van der Waals surface area contributed by atoms with Gasteiger partial charge in [-0.15, -0.1) is 0 Å². The molecule has 0 atom stereocenters. The van der Waals surface area contributed by atoms with Gasteiger partial charge in [-0.25, -0.2) is 9.97 Å². The number of anilines is 1. The fourth-order valence-corrected chi connectivity index (χ4v) is 4.52. The summed E-state index contributed by atoms with van der Waals surface area (Å²) in [6.45, 7) is 4.96. The number of aromatic nitrogens is 3. The van der Waals surface area contributed by atoms with Crippen molar-refractivity contribution in [3.8, 4) is 0 Å². The summed E-state index contributed by atoms with van der Waals surface area (Å²) in [5.41, 5.74) is 9.78. The van der Waals surface area contributed by atoms with Crippen LogP contribution in [0.15, 0.2) is 36.8 Å². The molecule has 29 heavy (non-hydrogen) atoms. The first-order chi connectivity index (χ1) is 14.1. The molecule has 0 bridgehead atoms. The quantitative estimate of drug-likeness (QED) is 0.712. The number of nitrogens with zero attached hydrogens (tertiary/aromatic N) is 4. The van der Waals surface area contributed by atoms with Gasteiger partial charge in [-0.1, -0.05) is 24.3 Å². The third kappa shape index (κ3) is 3.15. The maximum Gasteiger partial charge on any atom is 0.227 e. The van der Waals surface area contributed by atoms with Crippen molar-refractivity contribution in [3.63, 3.8) is 0 Å². The highest BCUT2D eigenvalue weighted by Crippen LogP contribution is 2.45. The van der Waals surface area contributed by atoms with Crippen molar-refractivity contribution in [2.75, 3.05) is 24.5 Å². The van der Waals surface area contributed by atoms with Crippen LogP contribution in [-0.2, 0) is 17.8 Å². The molecule has 1 aliphatic heterocycles. The third-order valence-electron chi connectivity index (χ3n) is 6.34. The summed E-state index contributed by atoms with van der Waals surface area (Å²) < 4.78 is 0. The molecule has 7 nitrogen and oxygen atoms in total. The molecule has 2 fully saturated rings. The maximum absolute atomic E-state index is 13.1. The van der Waals surface area contributed by atoms with Crippen LogP contribution in [0, 0.1) is 6.92 Å². The second kappa shape index (κ2) is 6.84. The predicted octanol–water partition coefficient (Wildman–Crippen LogP) is 2.15. The number of aryl methyl sites for hydroxylation is 1. The zero-order valence-corrected chi connectivity index (χ0v) is 16.7. The molecule has 7 heteroatoms. The molecule has 0 unspecified atom stereocenters. The van der Waals surface area contributed by atoms with Crippen LogP contribution in [-0.4, -0.2) is 50.9 Å². The van der Waals surface area contributed by atoms with Gasteiger partial charge in [-0.2, -0.15) is 0 Å². The lowest BCUT2D eigenvalue weighted by Gasteiger charge is -2.43. The average Bonchev–Trinajstić information content (AvgIpc) is 3.40. The molecule has 2 aliphatic rings. The summed E-state index contributed by atoms with van der Waals surface area (Å²) in [5, 5.41) is 1.09. The zero-order chi connectivity index (χ0) is 20.0. The smallest absolute Gasteiger partial charge is 0.227 e. The third-order valence-corrected chi connectivity index (χ3v) is 6.34. The number of amides is 1. The number of H-pyrrole nitrogens is 1. The molecule has 150 valence electrons. The highest BCUT2D eigenvalue weighted by Gasteiger charge is 2.53. The van der Waals surface area contributed by atoms with Gasteiger partial charge < -0.3 is 20.5 Å². The van der Waals surface area contributed by atoms with Gasteiger partial charge in [0.2, 0.25) is 5.91 Å². The monoisotopic (exact) mass is 390 g/mol. The van der Waals surface area contributed by atoms with E-state index in [1.54, 1.807) is 6.33 Å². The number of carbonyl (C=O) groups is 1. The molecule has 1 aromatic carbocycles. The Morgan fingerprint density at radius 3 is 2.66 bits per heavy atom. The standard InChI is InChI=1S/C22H26N6O/c1-15-12-24-20-19(15)21(26-14-25-20)27-8-9-28(22(13-27)6-7-22)18(29)10-16-2-4-17(11-23)5-3-16/h2-5,12,14H,6-11,13,23H2,1H3,(H,24,25,26). The first-order valence-corrected chi connectivity index (χ1v) is 10.2. The molecule has 2 aromatic heterocycles. The number of benzene rings is 1. The van der Waals surface area contributed by atoms with Gasteiger partial charge in [0.25, 0.3) is 0 Å². The maximum atomic E-state index is 13.1. The number of aromatic amines is 1. The summed E-state index contributed by atoms with van der Waals surface area (Å²) >= 11 is 0. The molecule has 3 aromatic rings. The summed E-state index contributed by atoms with van der Waals surface area (Å²) in [7, 11) is 0. The molecule has 1 aliphatic carbocycles. The van der Waals surface area contributed by atoms with E-state index in [-0.39, 0.29) is 11.4 Å². The second-order valence-electron chi connectivity index (χ2n) is 8.28. The summed E-state index contributed by atoms with van der Waals surface area (Å²) in [5.74, 6) is 1.19.